The van der Waals surface area contributed by atoms with Crippen molar-refractivity contribution in [2.24, 2.45) is 0 Å². The van der Waals surface area contributed by atoms with Gasteiger partial charge < -0.3 is 21.4 Å². The number of benzene rings is 2. The molecule has 35 heavy (non-hydrogen) atoms. The van der Waals surface area contributed by atoms with Crippen LogP contribution in [0.1, 0.15) is 36.5 Å². The maximum atomic E-state index is 13.5. The van der Waals surface area contributed by atoms with E-state index in [0.717, 1.165) is 5.56 Å². The fourth-order valence-corrected chi connectivity index (χ4v) is 3.50. The standard InChI is InChI=1S/C25H28ClFN4O4/c1-15-11-20(27)8-5-18(15)12-23(30-16(2)32)25(35)31-22(10-9-21(33)13-28)24(34)29-14-17-3-6-19(26)7-4-17/h3-8,11,13,22-23,28H,9-10,12,14H2,1-2H3,(H,29,34)(H,30,32)(H,31,35)/t22-,23-/m0/s1. The number of ketones is 1. The van der Waals surface area contributed by atoms with E-state index in [4.69, 9.17) is 17.0 Å². The molecule has 2 atom stereocenters. The van der Waals surface area contributed by atoms with Crippen molar-refractivity contribution in [2.45, 2.75) is 51.7 Å². The number of carbonyl (C=O) groups is 4. The van der Waals surface area contributed by atoms with Crippen molar-refractivity contribution in [1.29, 1.82) is 5.41 Å². The van der Waals surface area contributed by atoms with E-state index < -0.39 is 41.4 Å². The summed E-state index contributed by atoms with van der Waals surface area (Å²) >= 11 is 5.87. The zero-order valence-electron chi connectivity index (χ0n) is 19.5. The van der Waals surface area contributed by atoms with E-state index in [9.17, 15) is 23.6 Å². The van der Waals surface area contributed by atoms with Crippen LogP contribution in [0.4, 0.5) is 4.39 Å². The van der Waals surface area contributed by atoms with Gasteiger partial charge in [0.05, 0.1) is 6.21 Å². The van der Waals surface area contributed by atoms with Crippen molar-refractivity contribution in [3.05, 3.63) is 70.0 Å². The lowest BCUT2D eigenvalue weighted by Gasteiger charge is -2.23. The van der Waals surface area contributed by atoms with Crippen LogP contribution >= 0.6 is 11.6 Å². The third-order valence-electron chi connectivity index (χ3n) is 5.28. The Kier molecular flexibility index (Phi) is 10.5. The molecule has 0 radical (unpaired) electrons. The summed E-state index contributed by atoms with van der Waals surface area (Å²) in [6.45, 7) is 3.12. The largest absolute Gasteiger partial charge is 0.350 e. The molecule has 0 aromatic heterocycles. The smallest absolute Gasteiger partial charge is 0.243 e. The van der Waals surface area contributed by atoms with Crippen molar-refractivity contribution < 1.29 is 23.6 Å². The first-order valence-electron chi connectivity index (χ1n) is 11.0. The fraction of sp³-hybridized carbons (Fsp3) is 0.320. The van der Waals surface area contributed by atoms with Crippen LogP contribution in [0.15, 0.2) is 42.5 Å². The van der Waals surface area contributed by atoms with Crippen LogP contribution < -0.4 is 16.0 Å². The second-order valence-corrected chi connectivity index (χ2v) is 8.52. The van der Waals surface area contributed by atoms with Crippen LogP contribution in [0.3, 0.4) is 0 Å². The lowest BCUT2D eigenvalue weighted by atomic mass is 9.99. The molecule has 2 aromatic rings. The highest BCUT2D eigenvalue weighted by Gasteiger charge is 2.27. The van der Waals surface area contributed by atoms with Gasteiger partial charge in [0, 0.05) is 31.3 Å². The molecule has 0 heterocycles. The first-order chi connectivity index (χ1) is 16.6. The number of carbonyl (C=O) groups excluding carboxylic acids is 4. The minimum Gasteiger partial charge on any atom is -0.350 e. The summed E-state index contributed by atoms with van der Waals surface area (Å²) in [7, 11) is 0. The van der Waals surface area contributed by atoms with E-state index in [1.54, 1.807) is 31.2 Å². The van der Waals surface area contributed by atoms with Crippen LogP contribution in [0, 0.1) is 18.2 Å². The van der Waals surface area contributed by atoms with Gasteiger partial charge in [0.15, 0.2) is 5.78 Å². The highest BCUT2D eigenvalue weighted by atomic mass is 35.5. The second kappa shape index (κ2) is 13.3. The Morgan fingerprint density at radius 3 is 2.31 bits per heavy atom. The van der Waals surface area contributed by atoms with Gasteiger partial charge in [0.25, 0.3) is 0 Å². The Labute approximate surface area is 208 Å². The minimum absolute atomic E-state index is 0.0330. The Hall–Kier alpha value is -3.59. The molecule has 0 saturated carbocycles. The summed E-state index contributed by atoms with van der Waals surface area (Å²) in [5.74, 6) is -2.51. The maximum Gasteiger partial charge on any atom is 0.243 e. The average molecular weight is 503 g/mol. The molecular weight excluding hydrogens is 475 g/mol. The molecule has 3 amide bonds. The normalized spacial score (nSPS) is 12.2. The number of hydrogen-bond donors (Lipinski definition) is 4. The van der Waals surface area contributed by atoms with E-state index in [2.05, 4.69) is 16.0 Å². The lowest BCUT2D eigenvalue weighted by molar-refractivity contribution is -0.132. The Balaban J connectivity index is 2.16. The van der Waals surface area contributed by atoms with Crippen molar-refractivity contribution in [3.8, 4) is 0 Å². The minimum atomic E-state index is -1.08. The molecule has 0 aliphatic rings. The third-order valence-corrected chi connectivity index (χ3v) is 5.53. The van der Waals surface area contributed by atoms with Crippen LogP contribution in [-0.4, -0.2) is 41.8 Å². The molecule has 0 aliphatic heterocycles. The summed E-state index contributed by atoms with van der Waals surface area (Å²) in [6, 6.07) is 8.87. The number of halogens is 2. The number of nitrogens with one attached hydrogen (secondary N) is 4. The predicted octanol–water partition coefficient (Wildman–Crippen LogP) is 2.63. The molecule has 186 valence electrons. The molecule has 0 bridgehead atoms. The predicted molar refractivity (Wildman–Crippen MR) is 131 cm³/mol. The molecule has 0 saturated heterocycles. The van der Waals surface area contributed by atoms with Gasteiger partial charge in [-0.15, -0.1) is 0 Å². The molecule has 0 fully saturated rings. The summed E-state index contributed by atoms with van der Waals surface area (Å²) < 4.78 is 13.5. The van der Waals surface area contributed by atoms with Gasteiger partial charge in [-0.25, -0.2) is 4.39 Å². The number of aryl methyl sites for hydroxylation is 1. The van der Waals surface area contributed by atoms with Gasteiger partial charge in [0.1, 0.15) is 17.9 Å². The van der Waals surface area contributed by atoms with Crippen molar-refractivity contribution >= 4 is 41.3 Å². The maximum absolute atomic E-state index is 13.5. The van der Waals surface area contributed by atoms with Gasteiger partial charge >= 0.3 is 0 Å². The van der Waals surface area contributed by atoms with Gasteiger partial charge in [-0.3, -0.25) is 19.2 Å². The van der Waals surface area contributed by atoms with Crippen LogP contribution in [-0.2, 0) is 32.1 Å². The highest BCUT2D eigenvalue weighted by molar-refractivity contribution is 6.30. The summed E-state index contributed by atoms with van der Waals surface area (Å²) in [5, 5.41) is 15.5. The molecule has 2 aromatic carbocycles. The average Bonchev–Trinajstić information content (AvgIpc) is 2.81. The SMILES string of the molecule is CC(=O)N[C@@H](Cc1ccc(F)cc1C)C(=O)N[C@@H](CCC(=O)C=N)C(=O)NCc1ccc(Cl)cc1. The second-order valence-electron chi connectivity index (χ2n) is 8.08. The van der Waals surface area contributed by atoms with Crippen molar-refractivity contribution in [3.63, 3.8) is 0 Å². The molecule has 4 N–H and O–H groups in total. The quantitative estimate of drug-likeness (QED) is 0.332. The topological polar surface area (TPSA) is 128 Å². The van der Waals surface area contributed by atoms with Gasteiger partial charge in [0.2, 0.25) is 17.7 Å². The zero-order valence-corrected chi connectivity index (χ0v) is 20.2. The number of Topliss-reactive ketones (excluding diaryl/α,β-unsaturated/α-hetero) is 1. The summed E-state index contributed by atoms with van der Waals surface area (Å²) in [5.41, 5.74) is 2.05. The van der Waals surface area contributed by atoms with Crippen LogP contribution in [0.25, 0.3) is 0 Å². The van der Waals surface area contributed by atoms with E-state index in [1.165, 1.54) is 25.1 Å². The van der Waals surface area contributed by atoms with Crippen LogP contribution in [0.5, 0.6) is 0 Å². The van der Waals surface area contributed by atoms with Gasteiger partial charge in [-0.05, 0) is 54.3 Å². The number of hydrogen-bond acceptors (Lipinski definition) is 5. The first-order valence-corrected chi connectivity index (χ1v) is 11.3. The summed E-state index contributed by atoms with van der Waals surface area (Å²) in [6.07, 6.45) is 0.581. The monoisotopic (exact) mass is 502 g/mol. The Bertz CT molecular complexity index is 1090. The number of amides is 3. The van der Waals surface area contributed by atoms with E-state index in [0.29, 0.717) is 22.4 Å². The highest BCUT2D eigenvalue weighted by Crippen LogP contribution is 2.13. The molecule has 0 spiro atoms. The van der Waals surface area contributed by atoms with E-state index >= 15 is 0 Å². The van der Waals surface area contributed by atoms with Gasteiger partial charge in [-0.1, -0.05) is 29.8 Å². The Morgan fingerprint density at radius 2 is 1.71 bits per heavy atom. The summed E-state index contributed by atoms with van der Waals surface area (Å²) in [4.78, 5) is 49.3. The van der Waals surface area contributed by atoms with Crippen molar-refractivity contribution in [1.82, 2.24) is 16.0 Å². The van der Waals surface area contributed by atoms with Gasteiger partial charge in [-0.2, -0.15) is 0 Å². The molecule has 10 heteroatoms. The number of rotatable bonds is 12. The van der Waals surface area contributed by atoms with Crippen LogP contribution in [0.2, 0.25) is 5.02 Å². The van der Waals surface area contributed by atoms with E-state index in [-0.39, 0.29) is 25.8 Å². The third kappa shape index (κ3) is 9.29. The first kappa shape index (κ1) is 27.7. The molecule has 0 aliphatic carbocycles. The van der Waals surface area contributed by atoms with Crippen molar-refractivity contribution in [2.75, 3.05) is 0 Å². The fourth-order valence-electron chi connectivity index (χ4n) is 3.38. The molecule has 2 rings (SSSR count). The molecule has 0 unspecified atom stereocenters. The van der Waals surface area contributed by atoms with E-state index in [1.807, 2.05) is 0 Å². The Morgan fingerprint density at radius 1 is 1.03 bits per heavy atom. The zero-order chi connectivity index (χ0) is 26.0. The molecular formula is C25H28ClFN4O4. The lowest BCUT2D eigenvalue weighted by Crippen LogP contribution is -2.54. The molecule has 8 nitrogen and oxygen atoms in total.